The van der Waals surface area contributed by atoms with Crippen LogP contribution in [0, 0.1) is 34.5 Å². The molecule has 0 amide bonds. The second-order valence-electron chi connectivity index (χ2n) is 10.8. The molecule has 180 valence electrons. The van der Waals surface area contributed by atoms with Crippen LogP contribution < -0.4 is 0 Å². The maximum atomic E-state index is 8.63. The van der Waals surface area contributed by atoms with Crippen LogP contribution in [-0.4, -0.2) is 0 Å². The molecule has 0 bridgehead atoms. The lowest BCUT2D eigenvalue weighted by molar-refractivity contribution is 0.105. The fraction of sp³-hybridized carbons (Fsp3) is 0.710. The molecule has 0 aromatic heterocycles. The molecular weight excluding hydrogens is 386 g/mol. The van der Waals surface area contributed by atoms with Gasteiger partial charge in [0.15, 0.2) is 0 Å². The van der Waals surface area contributed by atoms with Crippen molar-refractivity contribution < 1.29 is 0 Å². The largest absolute Gasteiger partial charge is 0.198 e. The van der Waals surface area contributed by atoms with Crippen LogP contribution in [0.15, 0.2) is 47.6 Å². The quantitative estimate of drug-likeness (QED) is 0.248. The first-order chi connectivity index (χ1) is 15.3. The Morgan fingerprint density at radius 1 is 1.12 bits per heavy atom. The van der Waals surface area contributed by atoms with Crippen molar-refractivity contribution in [1.29, 1.82) is 5.26 Å². The van der Waals surface area contributed by atoms with E-state index in [0.29, 0.717) is 11.8 Å². The van der Waals surface area contributed by atoms with Gasteiger partial charge in [0.1, 0.15) is 0 Å². The van der Waals surface area contributed by atoms with E-state index in [0.717, 1.165) is 30.6 Å². The predicted molar refractivity (Wildman–Crippen MR) is 142 cm³/mol. The molecule has 0 aromatic carbocycles. The van der Waals surface area contributed by atoms with Crippen LogP contribution >= 0.6 is 0 Å². The number of unbranched alkanes of at least 4 members (excludes halogenated alkanes) is 1. The van der Waals surface area contributed by atoms with Crippen molar-refractivity contribution in [2.75, 3.05) is 0 Å². The van der Waals surface area contributed by atoms with E-state index in [1.54, 1.807) is 0 Å². The topological polar surface area (TPSA) is 23.8 Å². The van der Waals surface area contributed by atoms with Crippen LogP contribution in [0.3, 0.4) is 0 Å². The third-order valence-corrected chi connectivity index (χ3v) is 7.47. The molecule has 1 fully saturated rings. The molecule has 4 atom stereocenters. The summed E-state index contributed by atoms with van der Waals surface area (Å²) in [6.45, 7) is 13.9. The van der Waals surface area contributed by atoms with Crippen molar-refractivity contribution in [2.24, 2.45) is 23.2 Å². The van der Waals surface area contributed by atoms with Crippen LogP contribution in [0.2, 0.25) is 0 Å². The monoisotopic (exact) mass is 437 g/mol. The van der Waals surface area contributed by atoms with Gasteiger partial charge in [-0.25, -0.2) is 0 Å². The fourth-order valence-electron chi connectivity index (χ4n) is 5.23. The van der Waals surface area contributed by atoms with Crippen LogP contribution in [0.4, 0.5) is 0 Å². The summed E-state index contributed by atoms with van der Waals surface area (Å²) in [5, 5.41) is 8.63. The zero-order valence-electron chi connectivity index (χ0n) is 22.1. The Labute approximate surface area is 200 Å². The van der Waals surface area contributed by atoms with Crippen molar-refractivity contribution in [3.05, 3.63) is 47.6 Å². The molecule has 0 N–H and O–H groups in total. The summed E-state index contributed by atoms with van der Waals surface area (Å²) in [5.74, 6) is 2.41. The molecule has 1 nitrogen and oxygen atoms in total. The highest BCUT2D eigenvalue weighted by Gasteiger charge is 2.36. The van der Waals surface area contributed by atoms with Gasteiger partial charge in [0.2, 0.25) is 0 Å². The molecule has 1 aliphatic carbocycles. The van der Waals surface area contributed by atoms with Gasteiger partial charge in [0.05, 0.1) is 12.5 Å². The summed E-state index contributed by atoms with van der Waals surface area (Å²) in [4.78, 5) is 0. The lowest BCUT2D eigenvalue weighted by atomic mass is 9.63. The zero-order chi connectivity index (χ0) is 23.8. The van der Waals surface area contributed by atoms with Gasteiger partial charge in [-0.05, 0) is 88.4 Å². The normalized spacial score (nSPS) is 26.0. The highest BCUT2D eigenvalue weighted by molar-refractivity contribution is 5.18. The van der Waals surface area contributed by atoms with Gasteiger partial charge in [0, 0.05) is 0 Å². The Morgan fingerprint density at radius 3 is 2.56 bits per heavy atom. The third kappa shape index (κ3) is 11.9. The number of nitriles is 1. The molecule has 0 radical (unpaired) electrons. The molecule has 0 aliphatic heterocycles. The van der Waals surface area contributed by atoms with E-state index in [1.807, 2.05) is 6.08 Å². The van der Waals surface area contributed by atoms with Crippen molar-refractivity contribution in [3.8, 4) is 6.07 Å². The second kappa shape index (κ2) is 16.1. The number of hydrogen-bond donors (Lipinski definition) is 0. The molecule has 0 heterocycles. The lowest BCUT2D eigenvalue weighted by Gasteiger charge is -2.42. The summed E-state index contributed by atoms with van der Waals surface area (Å²) < 4.78 is 0. The lowest BCUT2D eigenvalue weighted by Crippen LogP contribution is -2.31. The Kier molecular flexibility index (Phi) is 14.4. The summed E-state index contributed by atoms with van der Waals surface area (Å²) >= 11 is 0. The standard InChI is InChI=1S/C31H51N/c1-7-9-17-29-21-23-31(6,25-30(29)19-18-26(3)13-8-2)22-20-28(5)16-12-15-27(4)14-10-11-24-32/h10,13-15,18-19,28-30H,7-9,11-12,16-17,20-23,25H2,1-6H3/b14-10+,19-18+,26-13+,27-15+. The van der Waals surface area contributed by atoms with Crippen LogP contribution in [0.25, 0.3) is 0 Å². The van der Waals surface area contributed by atoms with E-state index in [9.17, 15) is 0 Å². The van der Waals surface area contributed by atoms with Gasteiger partial charge in [0.25, 0.3) is 0 Å². The van der Waals surface area contributed by atoms with E-state index in [2.05, 4.69) is 78.0 Å². The minimum Gasteiger partial charge on any atom is -0.198 e. The van der Waals surface area contributed by atoms with E-state index >= 15 is 0 Å². The zero-order valence-corrected chi connectivity index (χ0v) is 22.1. The summed E-state index contributed by atoms with van der Waals surface area (Å²) in [7, 11) is 0. The maximum absolute atomic E-state index is 8.63. The highest BCUT2D eigenvalue weighted by atomic mass is 14.4. The molecule has 4 unspecified atom stereocenters. The first-order valence-electron chi connectivity index (χ1n) is 13.4. The third-order valence-electron chi connectivity index (χ3n) is 7.47. The minimum atomic E-state index is 0.500. The Morgan fingerprint density at radius 2 is 1.88 bits per heavy atom. The Hall–Kier alpha value is -1.55. The fourth-order valence-corrected chi connectivity index (χ4v) is 5.23. The molecule has 0 spiro atoms. The summed E-state index contributed by atoms with van der Waals surface area (Å²) in [6.07, 6.45) is 28.7. The van der Waals surface area contributed by atoms with Crippen molar-refractivity contribution in [3.63, 3.8) is 0 Å². The van der Waals surface area contributed by atoms with Gasteiger partial charge in [-0.15, -0.1) is 0 Å². The summed E-state index contributed by atoms with van der Waals surface area (Å²) in [6, 6.07) is 2.16. The number of allylic oxidation sites excluding steroid dienone is 8. The van der Waals surface area contributed by atoms with E-state index in [1.165, 1.54) is 68.9 Å². The van der Waals surface area contributed by atoms with E-state index in [-0.39, 0.29) is 0 Å². The SMILES string of the molecule is CC/C=C(C)/C=C/C1CC(C)(CCC(C)CC/C=C(C)/C=C/CC#N)CCC1CCCC. The van der Waals surface area contributed by atoms with Gasteiger partial charge < -0.3 is 0 Å². The van der Waals surface area contributed by atoms with Crippen molar-refractivity contribution in [2.45, 2.75) is 119 Å². The first kappa shape index (κ1) is 28.5. The molecular formula is C31H51N. The minimum absolute atomic E-state index is 0.500. The average molecular weight is 438 g/mol. The number of nitrogens with zero attached hydrogens (tertiary/aromatic N) is 1. The number of rotatable bonds is 14. The van der Waals surface area contributed by atoms with Crippen LogP contribution in [-0.2, 0) is 0 Å². The predicted octanol–water partition coefficient (Wildman–Crippen LogP) is 10.1. The Balaban J connectivity index is 2.60. The first-order valence-corrected chi connectivity index (χ1v) is 13.4. The molecule has 0 aromatic rings. The van der Waals surface area contributed by atoms with Gasteiger partial charge >= 0.3 is 0 Å². The van der Waals surface area contributed by atoms with Gasteiger partial charge in [-0.1, -0.05) is 94.6 Å². The molecule has 1 rings (SSSR count). The van der Waals surface area contributed by atoms with Gasteiger partial charge in [-0.2, -0.15) is 5.26 Å². The number of hydrogen-bond acceptors (Lipinski definition) is 1. The van der Waals surface area contributed by atoms with Crippen LogP contribution in [0.1, 0.15) is 119 Å². The molecule has 1 heteroatoms. The van der Waals surface area contributed by atoms with Gasteiger partial charge in [-0.3, -0.25) is 0 Å². The molecule has 32 heavy (non-hydrogen) atoms. The molecule has 1 saturated carbocycles. The average Bonchev–Trinajstić information content (AvgIpc) is 2.76. The summed E-state index contributed by atoms with van der Waals surface area (Å²) in [5.41, 5.74) is 3.21. The van der Waals surface area contributed by atoms with Crippen molar-refractivity contribution >= 4 is 0 Å². The second-order valence-corrected chi connectivity index (χ2v) is 10.8. The molecule has 0 saturated heterocycles. The van der Waals surface area contributed by atoms with Crippen molar-refractivity contribution in [1.82, 2.24) is 0 Å². The maximum Gasteiger partial charge on any atom is 0.0663 e. The Bertz CT molecular complexity index is 671. The smallest absolute Gasteiger partial charge is 0.0663 e. The molecule has 1 aliphatic rings. The van der Waals surface area contributed by atoms with Crippen LogP contribution in [0.5, 0.6) is 0 Å². The van der Waals surface area contributed by atoms with E-state index in [4.69, 9.17) is 5.26 Å². The highest BCUT2D eigenvalue weighted by Crippen LogP contribution is 2.47. The van der Waals surface area contributed by atoms with E-state index < -0.39 is 0 Å².